The lowest BCUT2D eigenvalue weighted by Gasteiger charge is -2.09. The van der Waals surface area contributed by atoms with E-state index in [9.17, 15) is 9.90 Å². The van der Waals surface area contributed by atoms with Crippen LogP contribution in [0, 0.1) is 11.3 Å². The number of carbonyl (C=O) groups is 1. The number of nitrogens with one attached hydrogen (secondary N) is 1. The van der Waals surface area contributed by atoms with Crippen molar-refractivity contribution in [2.45, 2.75) is 25.4 Å². The molecule has 2 aromatic rings. The molecule has 0 spiro atoms. The molecule has 1 aromatic heterocycles. The summed E-state index contributed by atoms with van der Waals surface area (Å²) < 4.78 is 0. The van der Waals surface area contributed by atoms with Crippen molar-refractivity contribution in [1.82, 2.24) is 9.97 Å². The summed E-state index contributed by atoms with van der Waals surface area (Å²) in [5.41, 5.74) is 2.29. The molecule has 6 nitrogen and oxygen atoms in total. The average molecular weight is 294 g/mol. The molecular weight excluding hydrogens is 280 g/mol. The van der Waals surface area contributed by atoms with Crippen LogP contribution >= 0.6 is 0 Å². The molecule has 6 heteroatoms. The second kappa shape index (κ2) is 5.92. The quantitative estimate of drug-likeness (QED) is 0.822. The van der Waals surface area contributed by atoms with Crippen molar-refractivity contribution < 1.29 is 9.90 Å². The zero-order chi connectivity index (χ0) is 15.5. The first kappa shape index (κ1) is 14.2. The van der Waals surface area contributed by atoms with E-state index < -0.39 is 6.10 Å². The van der Waals surface area contributed by atoms with Gasteiger partial charge in [0.15, 0.2) is 5.78 Å². The molecule has 0 aliphatic heterocycles. The Kier molecular flexibility index (Phi) is 3.81. The van der Waals surface area contributed by atoms with E-state index in [1.165, 1.54) is 6.20 Å². The number of Topliss-reactive ketones (excluding diaryl/α,β-unsaturated/α-hetero) is 1. The molecule has 1 atom stereocenters. The van der Waals surface area contributed by atoms with Crippen LogP contribution in [0.25, 0.3) is 0 Å². The van der Waals surface area contributed by atoms with Crippen molar-refractivity contribution in [3.8, 4) is 6.07 Å². The summed E-state index contributed by atoms with van der Waals surface area (Å²) in [7, 11) is 0. The molecule has 0 bridgehead atoms. The van der Waals surface area contributed by atoms with Gasteiger partial charge in [-0.25, -0.2) is 9.97 Å². The number of aliphatic hydroxyl groups is 1. The molecule has 1 aromatic carbocycles. The van der Waals surface area contributed by atoms with Crippen LogP contribution in [-0.2, 0) is 6.42 Å². The van der Waals surface area contributed by atoms with Gasteiger partial charge in [0.25, 0.3) is 0 Å². The Morgan fingerprint density at radius 2 is 2.27 bits per heavy atom. The van der Waals surface area contributed by atoms with Gasteiger partial charge in [0.05, 0.1) is 22.9 Å². The van der Waals surface area contributed by atoms with Crippen LogP contribution in [0.2, 0.25) is 0 Å². The number of ketones is 1. The Morgan fingerprint density at radius 1 is 1.41 bits per heavy atom. The summed E-state index contributed by atoms with van der Waals surface area (Å²) in [6.45, 7) is 0. The van der Waals surface area contributed by atoms with E-state index in [2.05, 4.69) is 21.4 Å². The number of rotatable bonds is 2. The van der Waals surface area contributed by atoms with Crippen molar-refractivity contribution in [3.63, 3.8) is 0 Å². The predicted octanol–water partition coefficient (Wildman–Crippen LogP) is 1.97. The Bertz CT molecular complexity index is 767. The van der Waals surface area contributed by atoms with Crippen LogP contribution in [0.5, 0.6) is 0 Å². The van der Waals surface area contributed by atoms with Crippen LogP contribution in [0.3, 0.4) is 0 Å². The molecule has 0 fully saturated rings. The first-order valence-electron chi connectivity index (χ1n) is 7.03. The van der Waals surface area contributed by atoms with Crippen molar-refractivity contribution in [2.24, 2.45) is 0 Å². The average Bonchev–Trinajstić information content (AvgIpc) is 2.67. The summed E-state index contributed by atoms with van der Waals surface area (Å²) in [4.78, 5) is 20.5. The van der Waals surface area contributed by atoms with Crippen LogP contribution in [0.4, 0.5) is 11.6 Å². The standard InChI is InChI=1S/C16H14N4O2/c17-8-10-3-1-4-11(7-10)19-16-18-9-12-13(20-16)5-2-6-14(21)15(12)22/h1,3-4,7,9,14,21H,2,5-6H2,(H,18,19,20). The summed E-state index contributed by atoms with van der Waals surface area (Å²) in [6.07, 6.45) is 2.28. The minimum Gasteiger partial charge on any atom is -0.385 e. The summed E-state index contributed by atoms with van der Waals surface area (Å²) in [5.74, 6) is 0.0588. The third kappa shape index (κ3) is 2.80. The molecule has 110 valence electrons. The lowest BCUT2D eigenvalue weighted by Crippen LogP contribution is -2.19. The molecule has 2 N–H and O–H groups in total. The van der Waals surface area contributed by atoms with Crippen molar-refractivity contribution in [3.05, 3.63) is 47.3 Å². The number of benzene rings is 1. The fraction of sp³-hybridized carbons (Fsp3) is 0.250. The minimum absolute atomic E-state index is 0.314. The molecule has 1 aliphatic rings. The molecule has 22 heavy (non-hydrogen) atoms. The SMILES string of the molecule is N#Cc1cccc(Nc2ncc3c(n2)CCCC(O)C3=O)c1. The minimum atomic E-state index is -0.962. The van der Waals surface area contributed by atoms with Gasteiger partial charge in [-0.3, -0.25) is 4.79 Å². The number of aliphatic hydroxyl groups excluding tert-OH is 1. The van der Waals surface area contributed by atoms with Gasteiger partial charge in [0.1, 0.15) is 6.10 Å². The largest absolute Gasteiger partial charge is 0.385 e. The molecule has 0 amide bonds. The maximum atomic E-state index is 12.0. The molecule has 0 saturated carbocycles. The number of nitriles is 1. The van der Waals surface area contributed by atoms with E-state index in [0.29, 0.717) is 47.7 Å². The van der Waals surface area contributed by atoms with Crippen LogP contribution in [0.1, 0.15) is 34.5 Å². The van der Waals surface area contributed by atoms with Gasteiger partial charge in [-0.05, 0) is 37.5 Å². The predicted molar refractivity (Wildman–Crippen MR) is 79.7 cm³/mol. The molecule has 1 aliphatic carbocycles. The van der Waals surface area contributed by atoms with Gasteiger partial charge >= 0.3 is 0 Å². The van der Waals surface area contributed by atoms with Crippen LogP contribution in [-0.4, -0.2) is 27.0 Å². The van der Waals surface area contributed by atoms with Gasteiger partial charge in [0, 0.05) is 11.9 Å². The second-order valence-corrected chi connectivity index (χ2v) is 5.14. The Balaban J connectivity index is 1.89. The number of aromatic nitrogens is 2. The summed E-state index contributed by atoms with van der Waals surface area (Å²) in [6, 6.07) is 9.06. The Labute approximate surface area is 127 Å². The number of aryl methyl sites for hydroxylation is 1. The first-order chi connectivity index (χ1) is 10.7. The number of anilines is 2. The topological polar surface area (TPSA) is 98.9 Å². The van der Waals surface area contributed by atoms with E-state index in [1.807, 2.05) is 6.07 Å². The smallest absolute Gasteiger partial charge is 0.227 e. The van der Waals surface area contributed by atoms with E-state index in [1.54, 1.807) is 18.2 Å². The fourth-order valence-electron chi connectivity index (χ4n) is 2.44. The van der Waals surface area contributed by atoms with E-state index in [4.69, 9.17) is 5.26 Å². The molecule has 0 saturated heterocycles. The van der Waals surface area contributed by atoms with Gasteiger partial charge < -0.3 is 10.4 Å². The number of nitrogens with zero attached hydrogens (tertiary/aromatic N) is 3. The highest BCUT2D eigenvalue weighted by atomic mass is 16.3. The Morgan fingerprint density at radius 3 is 3.09 bits per heavy atom. The van der Waals surface area contributed by atoms with Crippen molar-refractivity contribution in [1.29, 1.82) is 5.26 Å². The molecule has 1 unspecified atom stereocenters. The second-order valence-electron chi connectivity index (χ2n) is 5.14. The number of fused-ring (bicyclic) bond motifs is 1. The molecule has 1 heterocycles. The number of hydrogen-bond acceptors (Lipinski definition) is 6. The lowest BCUT2D eigenvalue weighted by molar-refractivity contribution is 0.0734. The van der Waals surface area contributed by atoms with Gasteiger partial charge in [-0.15, -0.1) is 0 Å². The highest BCUT2D eigenvalue weighted by Gasteiger charge is 2.25. The van der Waals surface area contributed by atoms with E-state index in [0.717, 1.165) is 0 Å². The summed E-state index contributed by atoms with van der Waals surface area (Å²) >= 11 is 0. The van der Waals surface area contributed by atoms with Crippen molar-refractivity contribution >= 4 is 17.4 Å². The normalized spacial score (nSPS) is 17.3. The number of hydrogen-bond donors (Lipinski definition) is 2. The number of carbonyl (C=O) groups excluding carboxylic acids is 1. The van der Waals surface area contributed by atoms with Gasteiger partial charge in [-0.2, -0.15) is 5.26 Å². The van der Waals surface area contributed by atoms with Crippen LogP contribution < -0.4 is 5.32 Å². The third-order valence-corrected chi connectivity index (χ3v) is 3.57. The summed E-state index contributed by atoms with van der Waals surface area (Å²) in [5, 5.41) is 21.6. The fourth-order valence-corrected chi connectivity index (χ4v) is 2.44. The van der Waals surface area contributed by atoms with E-state index >= 15 is 0 Å². The highest BCUT2D eigenvalue weighted by Crippen LogP contribution is 2.21. The maximum absolute atomic E-state index is 12.0. The van der Waals surface area contributed by atoms with E-state index in [-0.39, 0.29) is 5.78 Å². The van der Waals surface area contributed by atoms with Crippen LogP contribution in [0.15, 0.2) is 30.5 Å². The monoisotopic (exact) mass is 294 g/mol. The third-order valence-electron chi connectivity index (χ3n) is 3.57. The molecular formula is C16H14N4O2. The molecule has 3 rings (SSSR count). The molecule has 0 radical (unpaired) electrons. The van der Waals surface area contributed by atoms with Gasteiger partial charge in [-0.1, -0.05) is 6.07 Å². The first-order valence-corrected chi connectivity index (χ1v) is 7.03. The highest BCUT2D eigenvalue weighted by molar-refractivity contribution is 6.00. The van der Waals surface area contributed by atoms with Gasteiger partial charge in [0.2, 0.25) is 5.95 Å². The Hall–Kier alpha value is -2.78. The van der Waals surface area contributed by atoms with Crippen molar-refractivity contribution in [2.75, 3.05) is 5.32 Å². The zero-order valence-electron chi connectivity index (χ0n) is 11.8. The maximum Gasteiger partial charge on any atom is 0.227 e. The zero-order valence-corrected chi connectivity index (χ0v) is 11.8. The lowest BCUT2D eigenvalue weighted by atomic mass is 10.1.